The van der Waals surface area contributed by atoms with Gasteiger partial charge in [0.25, 0.3) is 11.5 Å². The molecule has 6 nitrogen and oxygen atoms in total. The molecule has 26 heavy (non-hydrogen) atoms. The van der Waals surface area contributed by atoms with E-state index in [2.05, 4.69) is 21.2 Å². The number of carbonyl (C=O) groups excluding carboxylic acids is 2. The number of benzene rings is 1. The Labute approximate surface area is 157 Å². The van der Waals surface area contributed by atoms with Crippen molar-refractivity contribution in [1.29, 1.82) is 0 Å². The first-order valence-corrected chi connectivity index (χ1v) is 8.62. The average Bonchev–Trinajstić information content (AvgIpc) is 3.16. The highest BCUT2D eigenvalue weighted by atomic mass is 79.9. The van der Waals surface area contributed by atoms with Crippen LogP contribution in [0.3, 0.4) is 0 Å². The lowest BCUT2D eigenvalue weighted by Crippen LogP contribution is -2.40. The van der Waals surface area contributed by atoms with Crippen molar-refractivity contribution in [2.75, 3.05) is 0 Å². The van der Waals surface area contributed by atoms with Crippen LogP contribution in [-0.2, 0) is 11.3 Å². The third kappa shape index (κ3) is 4.00. The summed E-state index contributed by atoms with van der Waals surface area (Å²) in [6.07, 6.45) is 2.92. The Balaban J connectivity index is 1.92. The van der Waals surface area contributed by atoms with Crippen LogP contribution in [0, 0.1) is 0 Å². The highest BCUT2D eigenvalue weighted by molar-refractivity contribution is 9.10. The van der Waals surface area contributed by atoms with Crippen molar-refractivity contribution in [3.05, 3.63) is 93.2 Å². The number of nitrogens with zero attached hydrogens (tertiary/aromatic N) is 1. The van der Waals surface area contributed by atoms with Gasteiger partial charge in [-0.1, -0.05) is 34.1 Å². The van der Waals surface area contributed by atoms with Crippen LogP contribution >= 0.6 is 15.9 Å². The van der Waals surface area contributed by atoms with Gasteiger partial charge in [-0.15, -0.1) is 0 Å². The zero-order valence-electron chi connectivity index (χ0n) is 13.6. The van der Waals surface area contributed by atoms with Crippen molar-refractivity contribution in [3.63, 3.8) is 0 Å². The molecule has 7 heteroatoms. The number of pyridine rings is 1. The van der Waals surface area contributed by atoms with Gasteiger partial charge in [0, 0.05) is 22.3 Å². The molecule has 1 amide bonds. The number of hydrogen-bond donors (Lipinski definition) is 1. The van der Waals surface area contributed by atoms with Crippen LogP contribution in [-0.4, -0.2) is 16.3 Å². The summed E-state index contributed by atoms with van der Waals surface area (Å²) in [5.74, 6) is -0.501. The van der Waals surface area contributed by atoms with E-state index < -0.39 is 23.3 Å². The minimum Gasteiger partial charge on any atom is -0.467 e. The predicted molar refractivity (Wildman–Crippen MR) is 98.8 cm³/mol. The van der Waals surface area contributed by atoms with Crippen molar-refractivity contribution >= 4 is 27.6 Å². The average molecular weight is 415 g/mol. The van der Waals surface area contributed by atoms with Gasteiger partial charge < -0.3 is 9.73 Å². The maximum Gasteiger partial charge on any atom is 0.251 e. The number of carbonyl (C=O) groups is 2. The topological polar surface area (TPSA) is 81.3 Å². The SMILES string of the molecule is O=C(NCc1ccco1)C(C(=O)c1ccc(Br)cc1)n1ccccc1=O. The zero-order valence-corrected chi connectivity index (χ0v) is 15.2. The lowest BCUT2D eigenvalue weighted by atomic mass is 10.0. The van der Waals surface area contributed by atoms with Crippen LogP contribution in [0.1, 0.15) is 22.2 Å². The fourth-order valence-electron chi connectivity index (χ4n) is 2.48. The molecule has 132 valence electrons. The van der Waals surface area contributed by atoms with Gasteiger partial charge in [0.1, 0.15) is 5.76 Å². The van der Waals surface area contributed by atoms with E-state index in [0.29, 0.717) is 11.3 Å². The Hall–Kier alpha value is -2.93. The minimum absolute atomic E-state index is 0.123. The largest absolute Gasteiger partial charge is 0.467 e. The first-order chi connectivity index (χ1) is 12.6. The van der Waals surface area contributed by atoms with E-state index >= 15 is 0 Å². The van der Waals surface area contributed by atoms with Crippen molar-refractivity contribution < 1.29 is 14.0 Å². The van der Waals surface area contributed by atoms with E-state index in [-0.39, 0.29) is 6.54 Å². The molecule has 0 aliphatic carbocycles. The quantitative estimate of drug-likeness (QED) is 0.496. The van der Waals surface area contributed by atoms with Gasteiger partial charge in [0.15, 0.2) is 11.8 Å². The number of ketones is 1. The van der Waals surface area contributed by atoms with E-state index in [9.17, 15) is 14.4 Å². The normalized spacial score (nSPS) is 11.7. The number of halogens is 1. The molecule has 2 aromatic heterocycles. The van der Waals surface area contributed by atoms with Crippen LogP contribution in [0.4, 0.5) is 0 Å². The highest BCUT2D eigenvalue weighted by Crippen LogP contribution is 2.17. The van der Waals surface area contributed by atoms with Crippen LogP contribution < -0.4 is 10.9 Å². The number of rotatable bonds is 6. The smallest absolute Gasteiger partial charge is 0.251 e. The van der Waals surface area contributed by atoms with Gasteiger partial charge >= 0.3 is 0 Å². The summed E-state index contributed by atoms with van der Waals surface area (Å²) >= 11 is 3.31. The maximum atomic E-state index is 13.0. The molecule has 0 fully saturated rings. The van der Waals surface area contributed by atoms with Gasteiger partial charge in [-0.3, -0.25) is 19.0 Å². The zero-order chi connectivity index (χ0) is 18.5. The van der Waals surface area contributed by atoms with E-state index in [1.807, 2.05) is 0 Å². The summed E-state index contributed by atoms with van der Waals surface area (Å²) in [6, 6.07) is 13.2. The molecule has 1 N–H and O–H groups in total. The van der Waals surface area contributed by atoms with E-state index in [0.717, 1.165) is 9.04 Å². The molecule has 1 aromatic carbocycles. The van der Waals surface area contributed by atoms with Gasteiger partial charge in [-0.25, -0.2) is 0 Å². The second-order valence-corrected chi connectivity index (χ2v) is 6.43. The van der Waals surface area contributed by atoms with Crippen LogP contribution in [0.15, 0.2) is 80.7 Å². The first-order valence-electron chi connectivity index (χ1n) is 7.83. The van der Waals surface area contributed by atoms with Gasteiger partial charge in [0.05, 0.1) is 12.8 Å². The Bertz CT molecular complexity index is 962. The van der Waals surface area contributed by atoms with Gasteiger partial charge in [-0.05, 0) is 30.3 Å². The number of nitrogens with one attached hydrogen (secondary N) is 1. The predicted octanol–water partition coefficient (Wildman–Crippen LogP) is 2.94. The third-order valence-corrected chi connectivity index (χ3v) is 4.30. The number of amides is 1. The van der Waals surface area contributed by atoms with Crippen LogP contribution in [0.2, 0.25) is 0 Å². The molecule has 2 heterocycles. The Morgan fingerprint density at radius 2 is 1.85 bits per heavy atom. The lowest BCUT2D eigenvalue weighted by Gasteiger charge is -2.18. The Morgan fingerprint density at radius 1 is 1.08 bits per heavy atom. The van der Waals surface area contributed by atoms with Crippen molar-refractivity contribution in [1.82, 2.24) is 9.88 Å². The van der Waals surface area contributed by atoms with Crippen molar-refractivity contribution in [2.24, 2.45) is 0 Å². The Morgan fingerprint density at radius 3 is 2.50 bits per heavy atom. The molecule has 0 radical (unpaired) electrons. The second-order valence-electron chi connectivity index (χ2n) is 5.52. The molecular weight excluding hydrogens is 400 g/mol. The maximum absolute atomic E-state index is 13.0. The summed E-state index contributed by atoms with van der Waals surface area (Å²) < 4.78 is 7.11. The van der Waals surface area contributed by atoms with E-state index in [1.54, 1.807) is 48.5 Å². The monoisotopic (exact) mass is 414 g/mol. The van der Waals surface area contributed by atoms with Crippen LogP contribution in [0.25, 0.3) is 0 Å². The molecule has 3 rings (SSSR count). The van der Waals surface area contributed by atoms with E-state index in [1.165, 1.54) is 18.5 Å². The Kier molecular flexibility index (Phi) is 5.48. The van der Waals surface area contributed by atoms with Gasteiger partial charge in [-0.2, -0.15) is 0 Å². The summed E-state index contributed by atoms with van der Waals surface area (Å²) in [7, 11) is 0. The number of Topliss-reactive ketones (excluding diaryl/α,β-unsaturated/α-hetero) is 1. The number of hydrogen-bond acceptors (Lipinski definition) is 4. The molecule has 3 aromatic rings. The molecule has 0 aliphatic heterocycles. The summed E-state index contributed by atoms with van der Waals surface area (Å²) in [5.41, 5.74) is -0.0989. The van der Waals surface area contributed by atoms with E-state index in [4.69, 9.17) is 4.42 Å². The lowest BCUT2D eigenvalue weighted by molar-refractivity contribution is -0.123. The van der Waals surface area contributed by atoms with Gasteiger partial charge in [0.2, 0.25) is 0 Å². The number of aromatic nitrogens is 1. The first kappa shape index (κ1) is 17.9. The fourth-order valence-corrected chi connectivity index (χ4v) is 2.75. The van der Waals surface area contributed by atoms with Crippen molar-refractivity contribution in [2.45, 2.75) is 12.6 Å². The molecular formula is C19H15BrN2O4. The second kappa shape index (κ2) is 7.97. The summed E-state index contributed by atoms with van der Waals surface area (Å²) in [4.78, 5) is 37.9. The molecule has 1 unspecified atom stereocenters. The third-order valence-electron chi connectivity index (χ3n) is 3.77. The molecule has 1 atom stereocenters. The summed E-state index contributed by atoms with van der Waals surface area (Å²) in [6.45, 7) is 0.123. The highest BCUT2D eigenvalue weighted by Gasteiger charge is 2.30. The van der Waals surface area contributed by atoms with Crippen molar-refractivity contribution in [3.8, 4) is 0 Å². The standard InChI is InChI=1S/C19H15BrN2O4/c20-14-8-6-13(7-9-14)18(24)17(22-10-2-1-5-16(22)23)19(25)21-12-15-4-3-11-26-15/h1-11,17H,12H2,(H,21,25). The molecule has 0 aliphatic rings. The fraction of sp³-hybridized carbons (Fsp3) is 0.105. The number of furan rings is 1. The van der Waals surface area contributed by atoms with Crippen LogP contribution in [0.5, 0.6) is 0 Å². The molecule has 0 saturated carbocycles. The summed E-state index contributed by atoms with van der Waals surface area (Å²) in [5, 5.41) is 2.65. The minimum atomic E-state index is -1.31. The molecule has 0 bridgehead atoms. The molecule has 0 spiro atoms. The molecule has 0 saturated heterocycles.